The molecular weight excluding hydrogens is 340 g/mol. The molecule has 23 heavy (non-hydrogen) atoms. The monoisotopic (exact) mass is 356 g/mol. The van der Waals surface area contributed by atoms with E-state index in [-0.39, 0.29) is 17.1 Å². The van der Waals surface area contributed by atoms with E-state index in [1.54, 1.807) is 31.2 Å². The van der Waals surface area contributed by atoms with Gasteiger partial charge in [-0.05, 0) is 30.7 Å². The van der Waals surface area contributed by atoms with Gasteiger partial charge in [0.1, 0.15) is 10.6 Å². The molecule has 0 bridgehead atoms. The number of aromatic carboxylic acids is 1. The minimum Gasteiger partial charge on any atom is -0.477 e. The third-order valence-corrected chi connectivity index (χ3v) is 5.48. The van der Waals surface area contributed by atoms with Crippen LogP contribution in [0.15, 0.2) is 41.4 Å². The number of carboxylic acid groups (broad SMARTS) is 1. The Kier molecular flexibility index (Phi) is 5.13. The largest absolute Gasteiger partial charge is 0.477 e. The summed E-state index contributed by atoms with van der Waals surface area (Å²) in [7, 11) is -2.32. The van der Waals surface area contributed by atoms with Crippen molar-refractivity contribution >= 4 is 27.6 Å². The predicted octanol–water partition coefficient (Wildman–Crippen LogP) is 2.68. The molecule has 0 amide bonds. The number of halogens is 1. The van der Waals surface area contributed by atoms with Gasteiger partial charge in [-0.25, -0.2) is 13.2 Å². The van der Waals surface area contributed by atoms with Gasteiger partial charge in [0.05, 0.1) is 0 Å². The second-order valence-electron chi connectivity index (χ2n) is 5.04. The first kappa shape index (κ1) is 17.5. The van der Waals surface area contributed by atoms with E-state index >= 15 is 0 Å². The van der Waals surface area contributed by atoms with Crippen LogP contribution in [0.4, 0.5) is 0 Å². The highest BCUT2D eigenvalue weighted by Crippen LogP contribution is 2.20. The lowest BCUT2D eigenvalue weighted by atomic mass is 10.2. The minimum atomic E-state index is -3.78. The molecule has 0 aliphatic carbocycles. The third kappa shape index (κ3) is 3.74. The third-order valence-electron chi connectivity index (χ3n) is 3.46. The topological polar surface area (TPSA) is 79.6 Å². The van der Waals surface area contributed by atoms with Crippen LogP contribution in [-0.4, -0.2) is 35.4 Å². The van der Waals surface area contributed by atoms with Gasteiger partial charge >= 0.3 is 5.97 Å². The number of aromatic nitrogens is 1. The maximum Gasteiger partial charge on any atom is 0.352 e. The molecule has 1 aromatic heterocycles. The molecule has 6 nitrogen and oxygen atoms in total. The van der Waals surface area contributed by atoms with E-state index < -0.39 is 16.0 Å². The zero-order valence-electron chi connectivity index (χ0n) is 12.7. The Morgan fingerprint density at radius 1 is 1.30 bits per heavy atom. The fraction of sp³-hybridized carbons (Fsp3) is 0.267. The molecule has 0 radical (unpaired) electrons. The van der Waals surface area contributed by atoms with Crippen molar-refractivity contribution in [3.63, 3.8) is 0 Å². The molecule has 0 spiro atoms. The molecule has 2 rings (SSSR count). The summed E-state index contributed by atoms with van der Waals surface area (Å²) in [6.45, 7) is 2.29. The van der Waals surface area contributed by atoms with Crippen LogP contribution in [-0.2, 0) is 23.1 Å². The summed E-state index contributed by atoms with van der Waals surface area (Å²) in [6.07, 6.45) is 1.34. The van der Waals surface area contributed by atoms with Crippen LogP contribution in [0.2, 0.25) is 5.02 Å². The average molecular weight is 357 g/mol. The molecule has 2 aromatic rings. The molecule has 0 atom stereocenters. The number of carboxylic acids is 1. The maximum absolute atomic E-state index is 12.6. The van der Waals surface area contributed by atoms with Crippen molar-refractivity contribution in [2.24, 2.45) is 0 Å². The van der Waals surface area contributed by atoms with Gasteiger partial charge in [-0.15, -0.1) is 0 Å². The average Bonchev–Trinajstić information content (AvgIpc) is 2.94. The summed E-state index contributed by atoms with van der Waals surface area (Å²) < 4.78 is 27.8. The zero-order valence-corrected chi connectivity index (χ0v) is 14.3. The lowest BCUT2D eigenvalue weighted by molar-refractivity contribution is 0.0685. The molecule has 8 heteroatoms. The molecule has 1 N–H and O–H groups in total. The zero-order chi connectivity index (χ0) is 17.2. The SMILES string of the molecule is CCn1cc(S(=O)(=O)N(C)Cc2ccc(Cl)cc2)cc1C(=O)O. The number of aryl methyl sites for hydroxylation is 1. The summed E-state index contributed by atoms with van der Waals surface area (Å²) in [5.74, 6) is -1.16. The molecule has 0 aliphatic rings. The fourth-order valence-electron chi connectivity index (χ4n) is 2.18. The number of nitrogens with zero attached hydrogens (tertiary/aromatic N) is 2. The number of carbonyl (C=O) groups is 1. The quantitative estimate of drug-likeness (QED) is 0.863. The van der Waals surface area contributed by atoms with Gasteiger partial charge in [0.15, 0.2) is 0 Å². The molecule has 0 saturated carbocycles. The van der Waals surface area contributed by atoms with Crippen molar-refractivity contribution in [2.75, 3.05) is 7.05 Å². The summed E-state index contributed by atoms with van der Waals surface area (Å²) in [5.41, 5.74) is 0.736. The Morgan fingerprint density at radius 3 is 2.39 bits per heavy atom. The molecule has 1 heterocycles. The van der Waals surface area contributed by atoms with Gasteiger partial charge in [0, 0.05) is 31.4 Å². The first-order valence-electron chi connectivity index (χ1n) is 6.90. The van der Waals surface area contributed by atoms with Gasteiger partial charge in [0.25, 0.3) is 0 Å². The number of hydrogen-bond donors (Lipinski definition) is 1. The summed E-state index contributed by atoms with van der Waals surface area (Å²) in [4.78, 5) is 11.1. The molecule has 1 aromatic carbocycles. The van der Waals surface area contributed by atoms with Crippen molar-refractivity contribution in [2.45, 2.75) is 24.9 Å². The Morgan fingerprint density at radius 2 is 1.91 bits per heavy atom. The normalized spacial score (nSPS) is 11.8. The highest BCUT2D eigenvalue weighted by Gasteiger charge is 2.25. The Labute approximate surface area is 140 Å². The molecule has 0 aliphatic heterocycles. The summed E-state index contributed by atoms with van der Waals surface area (Å²) >= 11 is 5.81. The van der Waals surface area contributed by atoms with Crippen LogP contribution in [0.25, 0.3) is 0 Å². The van der Waals surface area contributed by atoms with Crippen LogP contribution in [0.5, 0.6) is 0 Å². The van der Waals surface area contributed by atoms with Crippen molar-refractivity contribution in [1.29, 1.82) is 0 Å². The fourth-order valence-corrected chi connectivity index (χ4v) is 3.50. The van der Waals surface area contributed by atoms with Gasteiger partial charge in [-0.1, -0.05) is 23.7 Å². The number of benzene rings is 1. The number of sulfonamides is 1. The molecule has 124 valence electrons. The Bertz CT molecular complexity index is 813. The summed E-state index contributed by atoms with van der Waals surface area (Å²) in [5, 5.41) is 9.71. The maximum atomic E-state index is 12.6. The van der Waals surface area contributed by atoms with Gasteiger partial charge in [-0.3, -0.25) is 0 Å². The number of rotatable bonds is 6. The first-order valence-corrected chi connectivity index (χ1v) is 8.71. The van der Waals surface area contributed by atoms with Gasteiger partial charge < -0.3 is 9.67 Å². The van der Waals surface area contributed by atoms with E-state index in [0.717, 1.165) is 5.56 Å². The van der Waals surface area contributed by atoms with Crippen LogP contribution in [0.3, 0.4) is 0 Å². The first-order chi connectivity index (χ1) is 10.8. The second-order valence-corrected chi connectivity index (χ2v) is 7.52. The van der Waals surface area contributed by atoms with Crippen LogP contribution in [0.1, 0.15) is 23.0 Å². The van der Waals surface area contributed by atoms with Crippen molar-refractivity contribution < 1.29 is 18.3 Å². The van der Waals surface area contributed by atoms with Crippen molar-refractivity contribution in [1.82, 2.24) is 8.87 Å². The Balaban J connectivity index is 2.30. The van der Waals surface area contributed by atoms with E-state index in [4.69, 9.17) is 16.7 Å². The van der Waals surface area contributed by atoms with Gasteiger partial charge in [0.2, 0.25) is 10.0 Å². The molecule has 0 unspecified atom stereocenters. The summed E-state index contributed by atoms with van der Waals surface area (Å²) in [6, 6.07) is 8.04. The van der Waals surface area contributed by atoms with E-state index in [0.29, 0.717) is 11.6 Å². The number of hydrogen-bond acceptors (Lipinski definition) is 3. The van der Waals surface area contributed by atoms with Crippen molar-refractivity contribution in [3.8, 4) is 0 Å². The second kappa shape index (κ2) is 6.74. The Hall–Kier alpha value is -1.83. The van der Waals surface area contributed by atoms with E-state index in [9.17, 15) is 13.2 Å². The van der Waals surface area contributed by atoms with E-state index in [1.165, 1.54) is 28.2 Å². The van der Waals surface area contributed by atoms with Crippen LogP contribution < -0.4 is 0 Å². The highest BCUT2D eigenvalue weighted by atomic mass is 35.5. The molecule has 0 saturated heterocycles. The molecule has 0 fully saturated rings. The predicted molar refractivity (Wildman–Crippen MR) is 87.2 cm³/mol. The lowest BCUT2D eigenvalue weighted by Crippen LogP contribution is -2.26. The smallest absolute Gasteiger partial charge is 0.352 e. The van der Waals surface area contributed by atoms with E-state index in [1.807, 2.05) is 0 Å². The minimum absolute atomic E-state index is 0.0341. The van der Waals surface area contributed by atoms with Crippen molar-refractivity contribution in [3.05, 3.63) is 52.8 Å². The standard InChI is InChI=1S/C15H17ClN2O4S/c1-3-18-10-13(8-14(18)15(19)20)23(21,22)17(2)9-11-4-6-12(16)7-5-11/h4-8,10H,3,9H2,1-2H3,(H,19,20). The lowest BCUT2D eigenvalue weighted by Gasteiger charge is -2.16. The van der Waals surface area contributed by atoms with Gasteiger partial charge in [-0.2, -0.15) is 4.31 Å². The molecular formula is C15H17ClN2O4S. The van der Waals surface area contributed by atoms with Crippen LogP contribution in [0, 0.1) is 0 Å². The van der Waals surface area contributed by atoms with Crippen LogP contribution >= 0.6 is 11.6 Å². The highest BCUT2D eigenvalue weighted by molar-refractivity contribution is 7.89. The van der Waals surface area contributed by atoms with E-state index in [2.05, 4.69) is 0 Å².